The Morgan fingerprint density at radius 2 is 0.510 bits per heavy atom. The summed E-state index contributed by atoms with van der Waals surface area (Å²) in [5.74, 6) is 0. The van der Waals surface area contributed by atoms with Crippen molar-refractivity contribution >= 4 is 99.5 Å². The SMILES string of the molecule is c1ccc(-c2ccc(N(c3ccc4cc5c(cc4c3)oc3c(-c4ccccc4)c4oc6cc7cc(N(c8ccccc8-c8ccccc8)c8ccc(-c9ccccc9)cc8-c8ccccc8)ccc7cc6c4cc35)c3ccccc3-c3ccccc3)c(-c3ccccc3)c2)cc1. The third kappa shape index (κ3) is 9.95. The molecule has 0 saturated carbocycles. The van der Waals surface area contributed by atoms with Gasteiger partial charge in [-0.25, -0.2) is 0 Å². The second-order valence-electron chi connectivity index (χ2n) is 24.7. The lowest BCUT2D eigenvalue weighted by molar-refractivity contribution is 0.658. The van der Waals surface area contributed by atoms with Crippen molar-refractivity contribution in [3.63, 3.8) is 0 Å². The second-order valence-corrected chi connectivity index (χ2v) is 24.7. The molecule has 96 heavy (non-hydrogen) atoms. The fourth-order valence-corrected chi connectivity index (χ4v) is 14.4. The largest absolute Gasteiger partial charge is 0.455 e. The van der Waals surface area contributed by atoms with Gasteiger partial charge in [-0.2, -0.15) is 0 Å². The van der Waals surface area contributed by atoms with Gasteiger partial charge in [0.2, 0.25) is 0 Å². The lowest BCUT2D eigenvalue weighted by Gasteiger charge is -2.30. The van der Waals surface area contributed by atoms with Gasteiger partial charge in [-0.3, -0.25) is 0 Å². The number of fused-ring (bicyclic) bond motifs is 8. The molecule has 4 heteroatoms. The monoisotopic (exact) mass is 1220 g/mol. The molecule has 0 atom stereocenters. The maximum Gasteiger partial charge on any atom is 0.147 e. The Labute approximate surface area is 556 Å². The van der Waals surface area contributed by atoms with E-state index in [2.05, 4.69) is 374 Å². The topological polar surface area (TPSA) is 32.8 Å². The molecule has 450 valence electrons. The van der Waals surface area contributed by atoms with Gasteiger partial charge in [0, 0.05) is 55.2 Å². The van der Waals surface area contributed by atoms with Crippen molar-refractivity contribution < 1.29 is 8.83 Å². The molecule has 18 aromatic rings. The van der Waals surface area contributed by atoms with Crippen molar-refractivity contribution in [2.75, 3.05) is 9.80 Å². The zero-order valence-corrected chi connectivity index (χ0v) is 52.4. The fourth-order valence-electron chi connectivity index (χ4n) is 14.4. The van der Waals surface area contributed by atoms with Crippen LogP contribution in [-0.2, 0) is 0 Å². The Morgan fingerprint density at radius 3 is 0.896 bits per heavy atom. The number of anilines is 6. The minimum absolute atomic E-state index is 0.787. The molecule has 0 bridgehead atoms. The number of rotatable bonds is 13. The Bertz CT molecular complexity index is 5580. The zero-order chi connectivity index (χ0) is 63.5. The molecule has 18 rings (SSSR count). The molecule has 0 saturated heterocycles. The van der Waals surface area contributed by atoms with Crippen LogP contribution in [0.3, 0.4) is 0 Å². The number of para-hydroxylation sites is 2. The molecule has 0 unspecified atom stereocenters. The first-order chi connectivity index (χ1) is 47.6. The van der Waals surface area contributed by atoms with Crippen LogP contribution in [0.2, 0.25) is 0 Å². The molecule has 0 aliphatic carbocycles. The van der Waals surface area contributed by atoms with Crippen molar-refractivity contribution in [2.24, 2.45) is 0 Å². The first-order valence-corrected chi connectivity index (χ1v) is 32.8. The molecule has 0 amide bonds. The summed E-state index contributed by atoms with van der Waals surface area (Å²) in [4.78, 5) is 4.87. The van der Waals surface area contributed by atoms with Crippen LogP contribution in [0, 0.1) is 0 Å². The maximum absolute atomic E-state index is 7.27. The Balaban J connectivity index is 0.802. The van der Waals surface area contributed by atoms with Crippen molar-refractivity contribution in [3.8, 4) is 77.9 Å². The minimum atomic E-state index is 0.787. The number of benzene rings is 16. The lowest BCUT2D eigenvalue weighted by atomic mass is 9.95. The van der Waals surface area contributed by atoms with Crippen LogP contribution in [0.4, 0.5) is 34.1 Å². The maximum atomic E-state index is 7.27. The number of hydrogen-bond acceptors (Lipinski definition) is 4. The first kappa shape index (κ1) is 56.0. The third-order valence-electron chi connectivity index (χ3n) is 19.0. The normalized spacial score (nSPS) is 11.5. The van der Waals surface area contributed by atoms with E-state index >= 15 is 0 Å². The Kier molecular flexibility index (Phi) is 13.8. The van der Waals surface area contributed by atoms with Gasteiger partial charge in [0.15, 0.2) is 0 Å². The summed E-state index contributed by atoms with van der Waals surface area (Å²) in [5, 5.41) is 8.49. The van der Waals surface area contributed by atoms with E-state index in [1.807, 2.05) is 0 Å². The van der Waals surface area contributed by atoms with E-state index in [0.29, 0.717) is 0 Å². The highest BCUT2D eigenvalue weighted by Crippen LogP contribution is 2.51. The van der Waals surface area contributed by atoms with E-state index in [9.17, 15) is 0 Å². The number of hydrogen-bond donors (Lipinski definition) is 0. The molecule has 0 spiro atoms. The molecule has 0 N–H and O–H groups in total. The average Bonchev–Trinajstić information content (AvgIpc) is 1.53. The zero-order valence-electron chi connectivity index (χ0n) is 52.4. The standard InChI is InChI=1S/C92H60N2O2/c1-8-26-61(27-9-1)68-46-50-86(78(54-68)65-34-16-5-17-35-65)93(84-42-24-22-40-76(84)63-30-12-3-13-31-63)74-48-44-70-56-80-82-60-83-81-57-71-45-49-75(53-73(71)59-89(81)96-92(83)90(67-38-20-7-21-39-67)91(82)95-88(80)58-72(70)52-74)94(85-43-25-23-41-77(85)64-32-14-4-15-33-64)87-51-47-69(62-28-10-2-11-29-62)55-79(87)66-36-18-6-19-37-66/h1-60H. The summed E-state index contributed by atoms with van der Waals surface area (Å²) < 4.78 is 14.5. The predicted octanol–water partition coefficient (Wildman–Crippen LogP) is 26.4. The summed E-state index contributed by atoms with van der Waals surface area (Å²) in [6, 6.07) is 131. The fraction of sp³-hybridized carbons (Fsp3) is 0. The van der Waals surface area contributed by atoms with Crippen LogP contribution in [0.15, 0.2) is 373 Å². The van der Waals surface area contributed by atoms with Crippen LogP contribution < -0.4 is 9.80 Å². The van der Waals surface area contributed by atoms with E-state index in [0.717, 1.165) is 166 Å². The second kappa shape index (κ2) is 23.7. The summed E-state index contributed by atoms with van der Waals surface area (Å²) in [6.45, 7) is 0. The molecule has 16 aromatic carbocycles. The summed E-state index contributed by atoms with van der Waals surface area (Å²) in [6.07, 6.45) is 0. The summed E-state index contributed by atoms with van der Waals surface area (Å²) in [5.41, 5.74) is 25.2. The van der Waals surface area contributed by atoms with Crippen LogP contribution in [0.25, 0.3) is 143 Å². The van der Waals surface area contributed by atoms with Crippen molar-refractivity contribution in [1.82, 2.24) is 0 Å². The smallest absolute Gasteiger partial charge is 0.147 e. The molecule has 0 radical (unpaired) electrons. The highest BCUT2D eigenvalue weighted by atomic mass is 16.3. The number of furan rings is 2. The average molecular weight is 1230 g/mol. The van der Waals surface area contributed by atoms with Gasteiger partial charge >= 0.3 is 0 Å². The quantitative estimate of drug-likeness (QED) is 0.115. The molecule has 0 aliphatic rings. The predicted molar refractivity (Wildman–Crippen MR) is 403 cm³/mol. The van der Waals surface area contributed by atoms with Crippen LogP contribution >= 0.6 is 0 Å². The van der Waals surface area contributed by atoms with Gasteiger partial charge in [0.25, 0.3) is 0 Å². The van der Waals surface area contributed by atoms with E-state index in [1.54, 1.807) is 0 Å². The van der Waals surface area contributed by atoms with Gasteiger partial charge in [-0.1, -0.05) is 273 Å². The molecule has 0 aliphatic heterocycles. The summed E-state index contributed by atoms with van der Waals surface area (Å²) in [7, 11) is 0. The van der Waals surface area contributed by atoms with E-state index in [-0.39, 0.29) is 0 Å². The van der Waals surface area contributed by atoms with E-state index < -0.39 is 0 Å². The van der Waals surface area contributed by atoms with E-state index in [4.69, 9.17) is 8.83 Å². The van der Waals surface area contributed by atoms with E-state index in [1.165, 1.54) is 11.1 Å². The van der Waals surface area contributed by atoms with Gasteiger partial charge in [-0.15, -0.1) is 0 Å². The van der Waals surface area contributed by atoms with Gasteiger partial charge < -0.3 is 18.6 Å². The van der Waals surface area contributed by atoms with Gasteiger partial charge in [-0.05, 0) is 163 Å². The Hall–Kier alpha value is -12.8. The molecular formula is C92H60N2O2. The Morgan fingerprint density at radius 1 is 0.188 bits per heavy atom. The number of nitrogens with zero attached hydrogens (tertiary/aromatic N) is 2. The van der Waals surface area contributed by atoms with Crippen molar-refractivity contribution in [1.29, 1.82) is 0 Å². The van der Waals surface area contributed by atoms with Crippen LogP contribution in [0.5, 0.6) is 0 Å². The molecule has 2 aromatic heterocycles. The van der Waals surface area contributed by atoms with Gasteiger partial charge in [0.05, 0.1) is 28.3 Å². The highest BCUT2D eigenvalue weighted by Gasteiger charge is 2.27. The third-order valence-corrected chi connectivity index (χ3v) is 19.0. The molecular weight excluding hydrogens is 1170 g/mol. The molecule has 0 fully saturated rings. The minimum Gasteiger partial charge on any atom is -0.455 e. The summed E-state index contributed by atoms with van der Waals surface area (Å²) >= 11 is 0. The highest BCUT2D eigenvalue weighted by molar-refractivity contribution is 6.24. The first-order valence-electron chi connectivity index (χ1n) is 32.8. The van der Waals surface area contributed by atoms with Crippen molar-refractivity contribution in [2.45, 2.75) is 0 Å². The van der Waals surface area contributed by atoms with Crippen LogP contribution in [-0.4, -0.2) is 0 Å². The van der Waals surface area contributed by atoms with Crippen molar-refractivity contribution in [3.05, 3.63) is 364 Å². The van der Waals surface area contributed by atoms with Gasteiger partial charge in [0.1, 0.15) is 22.3 Å². The lowest BCUT2D eigenvalue weighted by Crippen LogP contribution is -2.12. The molecule has 4 nitrogen and oxygen atoms in total. The van der Waals surface area contributed by atoms with Crippen LogP contribution in [0.1, 0.15) is 0 Å². The molecule has 2 heterocycles.